The molecule has 20 heavy (non-hydrogen) atoms. The molecule has 2 rings (SSSR count). The number of carbonyl (C=O) groups is 1. The number of aromatic carboxylic acids is 1. The molecule has 1 unspecified atom stereocenters. The van der Waals surface area contributed by atoms with Gasteiger partial charge in [-0.3, -0.25) is 0 Å². The molecule has 4 heteroatoms. The maximum atomic E-state index is 10.9. The number of carboxylic acids is 1. The number of hydrogen-bond acceptors (Lipinski definition) is 3. The highest BCUT2D eigenvalue weighted by Gasteiger charge is 2.14. The molecule has 1 aromatic heterocycles. The van der Waals surface area contributed by atoms with Crippen molar-refractivity contribution < 1.29 is 14.3 Å². The van der Waals surface area contributed by atoms with Crippen molar-refractivity contribution in [2.24, 2.45) is 0 Å². The van der Waals surface area contributed by atoms with Gasteiger partial charge in [-0.25, -0.2) is 4.79 Å². The summed E-state index contributed by atoms with van der Waals surface area (Å²) in [6.45, 7) is 7.83. The number of aryl methyl sites for hydroxylation is 3. The lowest BCUT2D eigenvalue weighted by Gasteiger charge is -2.17. The van der Waals surface area contributed by atoms with Crippen molar-refractivity contribution in [1.82, 2.24) is 0 Å². The van der Waals surface area contributed by atoms with Crippen LogP contribution in [0.4, 0.5) is 5.69 Å². The molecule has 0 fully saturated rings. The lowest BCUT2D eigenvalue weighted by Crippen LogP contribution is -2.08. The van der Waals surface area contributed by atoms with Gasteiger partial charge in [0.2, 0.25) is 0 Å². The van der Waals surface area contributed by atoms with E-state index in [1.165, 1.54) is 0 Å². The Labute approximate surface area is 118 Å². The molecule has 0 saturated carbocycles. The molecule has 2 N–H and O–H groups in total. The van der Waals surface area contributed by atoms with Crippen LogP contribution in [-0.4, -0.2) is 11.1 Å². The third-order valence-electron chi connectivity index (χ3n) is 3.39. The number of nitrogens with one attached hydrogen (secondary N) is 1. The van der Waals surface area contributed by atoms with Crippen LogP contribution in [0.15, 0.2) is 28.7 Å². The van der Waals surface area contributed by atoms with Gasteiger partial charge >= 0.3 is 5.97 Å². The van der Waals surface area contributed by atoms with Gasteiger partial charge < -0.3 is 14.8 Å². The SMILES string of the molecule is Cc1cc(C(C)Nc2ccc(C(=O)O)cc2C)c(C)o1. The van der Waals surface area contributed by atoms with E-state index in [1.54, 1.807) is 18.2 Å². The van der Waals surface area contributed by atoms with Crippen LogP contribution in [0.3, 0.4) is 0 Å². The molecule has 2 aromatic rings. The average Bonchev–Trinajstić information content (AvgIpc) is 2.70. The second-order valence-electron chi connectivity index (χ2n) is 5.07. The zero-order chi connectivity index (χ0) is 14.9. The first kappa shape index (κ1) is 14.2. The van der Waals surface area contributed by atoms with E-state index in [0.29, 0.717) is 5.56 Å². The predicted molar refractivity (Wildman–Crippen MR) is 78.4 cm³/mol. The number of carboxylic acid groups (broad SMARTS) is 1. The van der Waals surface area contributed by atoms with Crippen molar-refractivity contribution in [3.05, 3.63) is 52.5 Å². The topological polar surface area (TPSA) is 62.5 Å². The molecular weight excluding hydrogens is 254 g/mol. The Morgan fingerprint density at radius 2 is 1.95 bits per heavy atom. The fourth-order valence-corrected chi connectivity index (χ4v) is 2.35. The first-order valence-corrected chi connectivity index (χ1v) is 6.56. The maximum Gasteiger partial charge on any atom is 0.335 e. The Kier molecular flexibility index (Phi) is 3.84. The molecule has 0 bridgehead atoms. The summed E-state index contributed by atoms with van der Waals surface area (Å²) in [6, 6.07) is 7.20. The van der Waals surface area contributed by atoms with Gasteiger partial charge in [-0.2, -0.15) is 0 Å². The summed E-state index contributed by atoms with van der Waals surface area (Å²) in [7, 11) is 0. The largest absolute Gasteiger partial charge is 0.478 e. The van der Waals surface area contributed by atoms with Gasteiger partial charge in [0.25, 0.3) is 0 Å². The van der Waals surface area contributed by atoms with E-state index in [2.05, 4.69) is 12.2 Å². The molecule has 1 aromatic carbocycles. The first-order valence-electron chi connectivity index (χ1n) is 6.56. The van der Waals surface area contributed by atoms with E-state index < -0.39 is 5.97 Å². The van der Waals surface area contributed by atoms with Gasteiger partial charge in [0.1, 0.15) is 11.5 Å². The molecule has 4 nitrogen and oxygen atoms in total. The second-order valence-corrected chi connectivity index (χ2v) is 5.07. The monoisotopic (exact) mass is 273 g/mol. The Balaban J connectivity index is 2.22. The fourth-order valence-electron chi connectivity index (χ4n) is 2.35. The number of hydrogen-bond donors (Lipinski definition) is 2. The lowest BCUT2D eigenvalue weighted by atomic mass is 10.1. The Morgan fingerprint density at radius 3 is 2.45 bits per heavy atom. The van der Waals surface area contributed by atoms with Crippen LogP contribution in [-0.2, 0) is 0 Å². The van der Waals surface area contributed by atoms with E-state index in [9.17, 15) is 4.79 Å². The first-order chi connectivity index (χ1) is 9.38. The second kappa shape index (κ2) is 5.41. The molecular formula is C16H19NO3. The van der Waals surface area contributed by atoms with Gasteiger partial charge in [0.05, 0.1) is 11.6 Å². The quantitative estimate of drug-likeness (QED) is 0.881. The molecule has 0 amide bonds. The Bertz CT molecular complexity index is 643. The van der Waals surface area contributed by atoms with Crippen molar-refractivity contribution in [2.75, 3.05) is 5.32 Å². The number of anilines is 1. The molecule has 0 spiro atoms. The standard InChI is InChI=1S/C16H19NO3/c1-9-7-13(16(18)19)5-6-15(9)17-11(3)14-8-10(2)20-12(14)4/h5-8,11,17H,1-4H3,(H,18,19). The summed E-state index contributed by atoms with van der Waals surface area (Å²) < 4.78 is 5.54. The number of furan rings is 1. The van der Waals surface area contributed by atoms with Gasteiger partial charge in [-0.1, -0.05) is 0 Å². The van der Waals surface area contributed by atoms with Crippen molar-refractivity contribution in [3.8, 4) is 0 Å². The van der Waals surface area contributed by atoms with Crippen LogP contribution in [0.25, 0.3) is 0 Å². The number of rotatable bonds is 4. The van der Waals surface area contributed by atoms with E-state index in [-0.39, 0.29) is 6.04 Å². The summed E-state index contributed by atoms with van der Waals surface area (Å²) >= 11 is 0. The fraction of sp³-hybridized carbons (Fsp3) is 0.312. The minimum Gasteiger partial charge on any atom is -0.478 e. The molecule has 0 saturated heterocycles. The molecule has 1 heterocycles. The third kappa shape index (κ3) is 2.85. The zero-order valence-electron chi connectivity index (χ0n) is 12.2. The Morgan fingerprint density at radius 1 is 1.25 bits per heavy atom. The summed E-state index contributed by atoms with van der Waals surface area (Å²) in [6.07, 6.45) is 0. The van der Waals surface area contributed by atoms with E-state index in [1.807, 2.05) is 26.8 Å². The summed E-state index contributed by atoms with van der Waals surface area (Å²) in [4.78, 5) is 10.9. The van der Waals surface area contributed by atoms with E-state index >= 15 is 0 Å². The van der Waals surface area contributed by atoms with E-state index in [4.69, 9.17) is 9.52 Å². The average molecular weight is 273 g/mol. The van der Waals surface area contributed by atoms with Crippen LogP contribution < -0.4 is 5.32 Å². The molecule has 0 aliphatic heterocycles. The van der Waals surface area contributed by atoms with Crippen molar-refractivity contribution in [3.63, 3.8) is 0 Å². The summed E-state index contributed by atoms with van der Waals surface area (Å²) in [5.74, 6) is 0.889. The van der Waals surface area contributed by atoms with Crippen LogP contribution in [0, 0.1) is 20.8 Å². The van der Waals surface area contributed by atoms with Crippen LogP contribution in [0.2, 0.25) is 0 Å². The molecule has 0 radical (unpaired) electrons. The molecule has 0 aliphatic rings. The minimum atomic E-state index is -0.908. The summed E-state index contributed by atoms with van der Waals surface area (Å²) in [5.41, 5.74) is 3.26. The van der Waals surface area contributed by atoms with Crippen LogP contribution >= 0.6 is 0 Å². The maximum absolute atomic E-state index is 10.9. The van der Waals surface area contributed by atoms with Crippen molar-refractivity contribution in [1.29, 1.82) is 0 Å². The van der Waals surface area contributed by atoms with Crippen LogP contribution in [0.5, 0.6) is 0 Å². The highest BCUT2D eigenvalue weighted by atomic mass is 16.4. The number of benzene rings is 1. The van der Waals surface area contributed by atoms with Crippen LogP contribution in [0.1, 0.15) is 46.0 Å². The van der Waals surface area contributed by atoms with Crippen molar-refractivity contribution >= 4 is 11.7 Å². The van der Waals surface area contributed by atoms with E-state index in [0.717, 1.165) is 28.3 Å². The van der Waals surface area contributed by atoms with Crippen molar-refractivity contribution in [2.45, 2.75) is 33.7 Å². The highest BCUT2D eigenvalue weighted by molar-refractivity contribution is 5.88. The predicted octanol–water partition coefficient (Wildman–Crippen LogP) is 4.08. The van der Waals surface area contributed by atoms with Gasteiger partial charge in [0.15, 0.2) is 0 Å². The van der Waals surface area contributed by atoms with Gasteiger partial charge in [-0.05, 0) is 57.5 Å². The van der Waals surface area contributed by atoms with Gasteiger partial charge in [-0.15, -0.1) is 0 Å². The Hall–Kier alpha value is -2.23. The molecule has 106 valence electrons. The lowest BCUT2D eigenvalue weighted by molar-refractivity contribution is 0.0697. The van der Waals surface area contributed by atoms with Gasteiger partial charge in [0, 0.05) is 11.3 Å². The minimum absolute atomic E-state index is 0.0989. The molecule has 1 atom stereocenters. The molecule has 0 aliphatic carbocycles. The highest BCUT2D eigenvalue weighted by Crippen LogP contribution is 2.26. The third-order valence-corrected chi connectivity index (χ3v) is 3.39. The summed E-state index contributed by atoms with van der Waals surface area (Å²) in [5, 5.41) is 12.4. The smallest absolute Gasteiger partial charge is 0.335 e. The zero-order valence-corrected chi connectivity index (χ0v) is 12.2. The normalized spacial score (nSPS) is 12.2.